The van der Waals surface area contributed by atoms with Gasteiger partial charge in [-0.1, -0.05) is 148 Å². The number of aryl methyl sites for hydroxylation is 3. The molecule has 0 radical (unpaired) electrons. The topological polar surface area (TPSA) is 213 Å². The van der Waals surface area contributed by atoms with Crippen molar-refractivity contribution in [1.82, 2.24) is 19.9 Å². The molecule has 3 aromatic heterocycles. The Hall–Kier alpha value is -8.24. The Labute approximate surface area is 702 Å². The molecule has 0 unspecified atom stereocenters. The Morgan fingerprint density at radius 3 is 1.10 bits per heavy atom. The van der Waals surface area contributed by atoms with Crippen molar-refractivity contribution in [2.45, 2.75) is 117 Å². The predicted molar refractivity (Wildman–Crippen MR) is 422 cm³/mol. The number of phenolic OH excluding ortho intramolecular Hbond substituents is 1. The number of alkyl halides is 10. The second-order valence-electron chi connectivity index (χ2n) is 24.0. The molecule has 0 saturated heterocycles. The predicted octanol–water partition coefficient (Wildman–Crippen LogP) is 19.4. The summed E-state index contributed by atoms with van der Waals surface area (Å²) in [4.78, 5) is 18.6. The number of aromatic hydroxyl groups is 1. The summed E-state index contributed by atoms with van der Waals surface area (Å²) in [5.74, 6) is 2.56. The van der Waals surface area contributed by atoms with Gasteiger partial charge in [-0.25, -0.2) is 29.6 Å². The Morgan fingerprint density at radius 2 is 0.789 bits per heavy atom. The van der Waals surface area contributed by atoms with Gasteiger partial charge in [-0.15, -0.1) is 58.0 Å². The van der Waals surface area contributed by atoms with Gasteiger partial charge >= 0.3 is 48.1 Å². The van der Waals surface area contributed by atoms with E-state index in [4.69, 9.17) is 51.4 Å². The fraction of sp³-hybridized carbons (Fsp3) is 0.289. The van der Waals surface area contributed by atoms with Gasteiger partial charge in [0.1, 0.15) is 56.9 Å². The molecule has 0 atom stereocenters. The van der Waals surface area contributed by atoms with E-state index >= 15 is 0 Å². The van der Waals surface area contributed by atoms with Crippen LogP contribution in [0.4, 0.5) is 48.3 Å². The molecule has 604 valence electrons. The number of ether oxygens (including phenoxy) is 4. The average molecular weight is 1690 g/mol. The third kappa shape index (κ3) is 33.5. The molecule has 0 amide bonds. The van der Waals surface area contributed by atoms with Gasteiger partial charge in [0.2, 0.25) is 0 Å². The number of aromatic nitrogens is 3. The number of thiazole rings is 3. The quantitative estimate of drug-likeness (QED) is 0.0113. The molecular weight excluding hydrogens is 1610 g/mol. The number of aliphatic hydroxyl groups excluding tert-OH is 1. The van der Waals surface area contributed by atoms with Crippen molar-refractivity contribution in [3.63, 3.8) is 0 Å². The van der Waals surface area contributed by atoms with Gasteiger partial charge in [-0.05, 0) is 136 Å². The van der Waals surface area contributed by atoms with Gasteiger partial charge in [0.15, 0.2) is 0 Å². The Balaban J connectivity index is 0.000000398. The smallest absolute Gasteiger partial charge is 1.00 e. The molecule has 0 fully saturated rings. The first-order chi connectivity index (χ1) is 53.9. The maximum absolute atomic E-state index is 14.0. The van der Waals surface area contributed by atoms with Crippen LogP contribution in [0, 0.1) is 34.3 Å². The van der Waals surface area contributed by atoms with E-state index in [1.807, 2.05) is 91.0 Å². The first-order valence-electron chi connectivity index (χ1n) is 35.1. The van der Waals surface area contributed by atoms with Gasteiger partial charge in [-0.2, -0.15) is 50.0 Å². The van der Waals surface area contributed by atoms with E-state index < -0.39 is 46.9 Å². The van der Waals surface area contributed by atoms with E-state index in [0.717, 1.165) is 110 Å². The molecule has 11 aromatic rings. The summed E-state index contributed by atoms with van der Waals surface area (Å²) in [6, 6.07) is 55.3. The van der Waals surface area contributed by atoms with Crippen molar-refractivity contribution >= 4 is 58.0 Å². The minimum atomic E-state index is -4.41. The first kappa shape index (κ1) is 98.1. The second-order valence-corrected chi connectivity index (χ2v) is 27.6. The third-order valence-electron chi connectivity index (χ3n) is 16.3. The molecule has 0 saturated carbocycles. The summed E-state index contributed by atoms with van der Waals surface area (Å²) in [7, 11) is 0. The zero-order valence-electron chi connectivity index (χ0n) is 63.7. The monoisotopic (exact) mass is 1690 g/mol. The molecular formula is C83H85Cl2F11N7NaO7S3. The molecule has 3 heterocycles. The SMILES string of the molecule is CCN(CC)CC.Cl.FC(F)(F)c1ccc(-c2nc(CCCOCc3ccccc3)c(CCl)s2)cc1.N#Cc1ccc(O)cc1F.N#Cc1ccc(OCc2sc(-c3ccc(C(F)(F)F)cc3)nc2CCCOCc2ccccc2)cc1F.NO.OCc1sc(-c2ccc(C(F)(F)F)cc2)nc1CCCOCc1ccccc1.[H-].[Na+]. The summed E-state index contributed by atoms with van der Waals surface area (Å²) in [6.45, 7) is 13.4. The van der Waals surface area contributed by atoms with Gasteiger partial charge in [0.05, 0.1) is 87.0 Å². The molecule has 14 nitrogen and oxygen atoms in total. The summed E-state index contributed by atoms with van der Waals surface area (Å²) < 4.78 is 164. The normalized spacial score (nSPS) is 10.9. The number of aliphatic hydroxyl groups is 1. The maximum atomic E-state index is 14.0. The summed E-state index contributed by atoms with van der Waals surface area (Å²) in [6.07, 6.45) is -8.95. The van der Waals surface area contributed by atoms with Gasteiger partial charge in [0, 0.05) is 53.5 Å². The average Bonchev–Trinajstić information content (AvgIpc) is 1.64. The number of nitrogens with two attached hydrogens (primary N) is 1. The van der Waals surface area contributed by atoms with Crippen molar-refractivity contribution in [3.05, 3.63) is 288 Å². The molecule has 31 heteroatoms. The van der Waals surface area contributed by atoms with Crippen LogP contribution < -0.4 is 40.2 Å². The molecule has 114 heavy (non-hydrogen) atoms. The van der Waals surface area contributed by atoms with E-state index in [1.165, 1.54) is 114 Å². The van der Waals surface area contributed by atoms with Crippen LogP contribution in [0.15, 0.2) is 200 Å². The molecule has 0 aliphatic rings. The molecule has 0 bridgehead atoms. The van der Waals surface area contributed by atoms with Gasteiger partial charge in [0.25, 0.3) is 0 Å². The van der Waals surface area contributed by atoms with E-state index in [2.05, 4.69) is 46.5 Å². The zero-order chi connectivity index (χ0) is 81.5. The van der Waals surface area contributed by atoms with E-state index in [1.54, 1.807) is 12.1 Å². The third-order valence-corrected chi connectivity index (χ3v) is 20.1. The number of nitrogens with zero attached hydrogens (tertiary/aromatic N) is 6. The molecule has 0 spiro atoms. The van der Waals surface area contributed by atoms with Crippen molar-refractivity contribution < 1.29 is 114 Å². The van der Waals surface area contributed by atoms with Crippen molar-refractivity contribution in [2.24, 2.45) is 5.90 Å². The standard InChI is InChI=1S/C28H22F4N2O2S.C21H19ClF3NOS.C21H20F3NO2S.C7H4FNO.C6H15N.ClH.H3NO.Na.H/c29-24-15-23(13-10-21(24)16-33)36-18-26-25(7-4-14-35-17-19-5-2-1-3-6-19)34-27(37-26)20-8-11-22(12-9-20)28(30,31)32;22-13-19-18(7-4-12-27-14-15-5-2-1-3-6-15)26-20(28-19)16-8-10-17(11-9-16)21(23,24)25;22-21(23,24)17-10-8-16(9-11-17)20-25-18(19(13-26)28-20)7-4-12-27-14-15-5-2-1-3-6-15;8-7-3-6(10)2-1-5(7)4-9;1-4-7(5-2)6-3;;1-2;;/h1-3,5-6,8-13,15H,4,7,14,17-18H2;1-3,5-6,8-11H,4,7,12-14H2;1-3,5-6,8-11,26H,4,7,12-14H2;1-3,10H;4-6H2,1-3H3;1H;2H,1H2;;/q;;;;;;;+1;-1. The Bertz CT molecular complexity index is 4490. The summed E-state index contributed by atoms with van der Waals surface area (Å²) >= 11 is 10.1. The maximum Gasteiger partial charge on any atom is 1.00 e. The molecule has 0 aliphatic heterocycles. The van der Waals surface area contributed by atoms with Crippen LogP contribution in [-0.4, -0.2) is 74.7 Å². The minimum Gasteiger partial charge on any atom is -1.00 e. The van der Waals surface area contributed by atoms with Crippen LogP contribution in [0.25, 0.3) is 31.7 Å². The fourth-order valence-corrected chi connectivity index (χ4v) is 13.5. The minimum absolute atomic E-state index is 0. The fourth-order valence-electron chi connectivity index (χ4n) is 10.3. The van der Waals surface area contributed by atoms with E-state index in [9.17, 15) is 53.4 Å². The second kappa shape index (κ2) is 51.7. The van der Waals surface area contributed by atoms with E-state index in [0.29, 0.717) is 103 Å². The number of hydrogen-bond acceptors (Lipinski definition) is 17. The van der Waals surface area contributed by atoms with Gasteiger partial charge in [-0.3, -0.25) is 0 Å². The van der Waals surface area contributed by atoms with Crippen LogP contribution in [0.5, 0.6) is 11.5 Å². The van der Waals surface area contributed by atoms with Crippen LogP contribution in [-0.2, 0) is 90.9 Å². The zero-order valence-corrected chi connectivity index (χ0v) is 68.7. The largest absolute Gasteiger partial charge is 1.00 e. The van der Waals surface area contributed by atoms with Crippen molar-refractivity contribution in [1.29, 1.82) is 10.5 Å². The number of phenols is 1. The van der Waals surface area contributed by atoms with Crippen molar-refractivity contribution in [3.8, 4) is 55.4 Å². The number of benzene rings is 8. The van der Waals surface area contributed by atoms with Crippen molar-refractivity contribution in [2.75, 3.05) is 39.5 Å². The Kier molecular flexibility index (Phi) is 44.5. The molecule has 8 aromatic carbocycles. The number of halogens is 13. The Morgan fingerprint density at radius 1 is 0.465 bits per heavy atom. The van der Waals surface area contributed by atoms with Crippen LogP contribution >= 0.6 is 58.0 Å². The number of nitriles is 2. The number of rotatable bonds is 29. The molecule has 0 aliphatic carbocycles. The van der Waals surface area contributed by atoms with Crippen LogP contribution in [0.3, 0.4) is 0 Å². The number of hydrogen-bond donors (Lipinski definition) is 4. The summed E-state index contributed by atoms with van der Waals surface area (Å²) in [5, 5.41) is 43.8. The molecule has 5 N–H and O–H groups in total. The van der Waals surface area contributed by atoms with Crippen LogP contribution in [0.1, 0.15) is 118 Å². The molecule has 11 rings (SSSR count). The summed E-state index contributed by atoms with van der Waals surface area (Å²) in [5.41, 5.74) is 5.33. The van der Waals surface area contributed by atoms with Gasteiger partial charge < -0.3 is 40.7 Å². The van der Waals surface area contributed by atoms with Crippen LogP contribution in [0.2, 0.25) is 0 Å². The first-order valence-corrected chi connectivity index (χ1v) is 38.0. The van der Waals surface area contributed by atoms with E-state index in [-0.39, 0.29) is 79.2 Å².